The van der Waals surface area contributed by atoms with Crippen molar-refractivity contribution in [2.24, 2.45) is 0 Å². The second kappa shape index (κ2) is 3.94. The molecule has 0 unspecified atom stereocenters. The number of pyridine rings is 1. The lowest BCUT2D eigenvalue weighted by Crippen LogP contribution is -2.37. The van der Waals surface area contributed by atoms with Crippen LogP contribution in [0.4, 0.5) is 0 Å². The number of H-pyrrole nitrogens is 1. The molecule has 4 nitrogen and oxygen atoms in total. The normalized spacial score (nSPS) is 22.2. The van der Waals surface area contributed by atoms with E-state index in [4.69, 9.17) is 4.74 Å². The Morgan fingerprint density at radius 1 is 1.57 bits per heavy atom. The summed E-state index contributed by atoms with van der Waals surface area (Å²) in [5, 5.41) is 3.25. The summed E-state index contributed by atoms with van der Waals surface area (Å²) >= 11 is 0. The van der Waals surface area contributed by atoms with E-state index in [1.165, 1.54) is 0 Å². The fourth-order valence-corrected chi connectivity index (χ4v) is 1.62. The Morgan fingerprint density at radius 3 is 3.07 bits per heavy atom. The molecule has 0 radical (unpaired) electrons. The minimum Gasteiger partial charge on any atom is -0.378 e. The van der Waals surface area contributed by atoms with E-state index in [0.29, 0.717) is 6.61 Å². The first-order valence-electron chi connectivity index (χ1n) is 4.78. The van der Waals surface area contributed by atoms with Crippen LogP contribution in [0.1, 0.15) is 17.3 Å². The molecule has 76 valence electrons. The maximum Gasteiger partial charge on any atom is 0.186 e. The molecular weight excluding hydrogens is 180 g/mol. The van der Waals surface area contributed by atoms with Crippen molar-refractivity contribution in [2.45, 2.75) is 13.0 Å². The van der Waals surface area contributed by atoms with Gasteiger partial charge in [-0.15, -0.1) is 0 Å². The Balaban J connectivity index is 2.26. The number of rotatable bonds is 1. The van der Waals surface area contributed by atoms with E-state index in [2.05, 4.69) is 10.3 Å². The number of aryl methyl sites for hydroxylation is 1. The third-order valence-electron chi connectivity index (χ3n) is 2.38. The lowest BCUT2D eigenvalue weighted by Gasteiger charge is -2.23. The molecule has 0 bridgehead atoms. The smallest absolute Gasteiger partial charge is 0.186 e. The number of hydrogen-bond donors (Lipinski definition) is 2. The summed E-state index contributed by atoms with van der Waals surface area (Å²) < 4.78 is 5.31. The average Bonchev–Trinajstić information content (AvgIpc) is 2.19. The number of morpholine rings is 1. The van der Waals surface area contributed by atoms with Crippen LogP contribution in [-0.4, -0.2) is 24.7 Å². The van der Waals surface area contributed by atoms with Gasteiger partial charge in [-0.25, -0.2) is 0 Å². The van der Waals surface area contributed by atoms with Gasteiger partial charge in [-0.2, -0.15) is 0 Å². The lowest BCUT2D eigenvalue weighted by molar-refractivity contribution is 0.0765. The highest BCUT2D eigenvalue weighted by atomic mass is 16.5. The monoisotopic (exact) mass is 194 g/mol. The van der Waals surface area contributed by atoms with E-state index in [0.717, 1.165) is 24.4 Å². The number of nitrogens with one attached hydrogen (secondary N) is 2. The molecule has 0 amide bonds. The van der Waals surface area contributed by atoms with Crippen molar-refractivity contribution < 1.29 is 4.74 Å². The van der Waals surface area contributed by atoms with Crippen LogP contribution in [0.5, 0.6) is 0 Å². The molecular formula is C10H14N2O2. The molecule has 0 aliphatic carbocycles. The van der Waals surface area contributed by atoms with Crippen LogP contribution in [0.25, 0.3) is 0 Å². The molecule has 2 N–H and O–H groups in total. The Hall–Kier alpha value is -1.13. The van der Waals surface area contributed by atoms with Crippen LogP contribution in [0, 0.1) is 6.92 Å². The third kappa shape index (κ3) is 1.86. The highest BCUT2D eigenvalue weighted by Gasteiger charge is 2.17. The number of ether oxygens (including phenoxy) is 1. The highest BCUT2D eigenvalue weighted by molar-refractivity contribution is 5.18. The number of aromatic amines is 1. The Labute approximate surface area is 82.3 Å². The summed E-state index contributed by atoms with van der Waals surface area (Å²) in [6, 6.07) is 1.65. The van der Waals surface area contributed by atoms with Gasteiger partial charge in [-0.05, 0) is 6.92 Å². The summed E-state index contributed by atoms with van der Waals surface area (Å²) in [6.07, 6.45) is 1.77. The van der Waals surface area contributed by atoms with Crippen LogP contribution >= 0.6 is 0 Å². The summed E-state index contributed by atoms with van der Waals surface area (Å²) in [5.41, 5.74) is 1.72. The van der Waals surface area contributed by atoms with Crippen LogP contribution in [0.2, 0.25) is 0 Å². The first kappa shape index (κ1) is 9.43. The van der Waals surface area contributed by atoms with Gasteiger partial charge in [0.15, 0.2) is 5.43 Å². The predicted octanol–water partition coefficient (Wildman–Crippen LogP) is 0.344. The Kier molecular flexibility index (Phi) is 2.65. The van der Waals surface area contributed by atoms with Crippen LogP contribution in [-0.2, 0) is 4.74 Å². The molecule has 14 heavy (non-hydrogen) atoms. The molecule has 0 spiro atoms. The molecule has 0 aromatic carbocycles. The van der Waals surface area contributed by atoms with Crippen molar-refractivity contribution in [3.8, 4) is 0 Å². The fraction of sp³-hybridized carbons (Fsp3) is 0.500. The largest absolute Gasteiger partial charge is 0.378 e. The first-order chi connectivity index (χ1) is 6.77. The molecule has 2 rings (SSSR count). The average molecular weight is 194 g/mol. The van der Waals surface area contributed by atoms with Crippen molar-refractivity contribution >= 4 is 0 Å². The van der Waals surface area contributed by atoms with Crippen molar-refractivity contribution in [3.05, 3.63) is 33.7 Å². The fourth-order valence-electron chi connectivity index (χ4n) is 1.62. The van der Waals surface area contributed by atoms with Gasteiger partial charge in [0.2, 0.25) is 0 Å². The summed E-state index contributed by atoms with van der Waals surface area (Å²) in [5.74, 6) is 0. The first-order valence-corrected chi connectivity index (χ1v) is 4.78. The zero-order chi connectivity index (χ0) is 9.97. The molecule has 1 aromatic heterocycles. The van der Waals surface area contributed by atoms with Gasteiger partial charge in [0.05, 0.1) is 19.3 Å². The van der Waals surface area contributed by atoms with Gasteiger partial charge in [0.25, 0.3) is 0 Å². The molecule has 1 aliphatic heterocycles. The molecule has 2 heterocycles. The van der Waals surface area contributed by atoms with Gasteiger partial charge in [-0.1, -0.05) is 0 Å². The predicted molar refractivity (Wildman–Crippen MR) is 53.4 cm³/mol. The Morgan fingerprint density at radius 2 is 2.43 bits per heavy atom. The summed E-state index contributed by atoms with van der Waals surface area (Å²) in [7, 11) is 0. The Bertz CT molecular complexity index is 367. The molecule has 1 saturated heterocycles. The van der Waals surface area contributed by atoms with Crippen molar-refractivity contribution in [3.63, 3.8) is 0 Å². The van der Waals surface area contributed by atoms with Crippen LogP contribution in [0.3, 0.4) is 0 Å². The standard InChI is InChI=1S/C10H14N2O2/c1-7-4-10(13)8(5-12-7)9-6-14-3-2-11-9/h4-5,9,11H,2-3,6H2,1H3,(H,12,13)/t9-/m1/s1. The minimum absolute atomic E-state index is 0.0353. The third-order valence-corrected chi connectivity index (χ3v) is 2.38. The lowest BCUT2D eigenvalue weighted by atomic mass is 10.1. The SMILES string of the molecule is Cc1cc(=O)c([C@H]2COCCN2)c[nH]1. The molecule has 4 heteroatoms. The maximum absolute atomic E-state index is 11.6. The van der Waals surface area contributed by atoms with E-state index in [1.54, 1.807) is 12.3 Å². The second-order valence-corrected chi connectivity index (χ2v) is 3.52. The summed E-state index contributed by atoms with van der Waals surface area (Å²) in [6.45, 7) is 3.97. The van der Waals surface area contributed by atoms with Crippen molar-refractivity contribution in [1.82, 2.24) is 10.3 Å². The number of hydrogen-bond acceptors (Lipinski definition) is 3. The van der Waals surface area contributed by atoms with Crippen LogP contribution < -0.4 is 10.7 Å². The van der Waals surface area contributed by atoms with Gasteiger partial charge < -0.3 is 15.0 Å². The van der Waals surface area contributed by atoms with E-state index in [9.17, 15) is 4.79 Å². The molecule has 0 saturated carbocycles. The number of aromatic nitrogens is 1. The topological polar surface area (TPSA) is 54.1 Å². The zero-order valence-corrected chi connectivity index (χ0v) is 8.17. The summed E-state index contributed by atoms with van der Waals surface area (Å²) in [4.78, 5) is 14.7. The maximum atomic E-state index is 11.6. The molecule has 1 fully saturated rings. The molecule has 1 aromatic rings. The van der Waals surface area contributed by atoms with Crippen molar-refractivity contribution in [2.75, 3.05) is 19.8 Å². The molecule has 1 aliphatic rings. The highest BCUT2D eigenvalue weighted by Crippen LogP contribution is 2.10. The van der Waals surface area contributed by atoms with Gasteiger partial charge >= 0.3 is 0 Å². The van der Waals surface area contributed by atoms with E-state index < -0.39 is 0 Å². The van der Waals surface area contributed by atoms with Gasteiger partial charge in [-0.3, -0.25) is 4.79 Å². The quantitative estimate of drug-likeness (QED) is 0.678. The van der Waals surface area contributed by atoms with Crippen molar-refractivity contribution in [1.29, 1.82) is 0 Å². The van der Waals surface area contributed by atoms with Gasteiger partial charge in [0.1, 0.15) is 0 Å². The van der Waals surface area contributed by atoms with E-state index in [-0.39, 0.29) is 11.5 Å². The van der Waals surface area contributed by atoms with Gasteiger partial charge in [0, 0.05) is 30.1 Å². The van der Waals surface area contributed by atoms with E-state index >= 15 is 0 Å². The van der Waals surface area contributed by atoms with Crippen LogP contribution in [0.15, 0.2) is 17.1 Å². The molecule has 1 atom stereocenters. The zero-order valence-electron chi connectivity index (χ0n) is 8.17. The second-order valence-electron chi connectivity index (χ2n) is 3.52. The van der Waals surface area contributed by atoms with E-state index in [1.807, 2.05) is 6.92 Å². The minimum atomic E-state index is 0.0353.